The first kappa shape index (κ1) is 11.7. The van der Waals surface area contributed by atoms with E-state index in [2.05, 4.69) is 6.58 Å². The average molecular weight is 224 g/mol. The topological polar surface area (TPSA) is 51.2 Å². The number of Topliss-reactive ketones (excluding diaryl/α,β-unsaturated/α-hetero) is 1. The van der Waals surface area contributed by atoms with Crippen LogP contribution in [0.5, 0.6) is 0 Å². The highest BCUT2D eigenvalue weighted by Crippen LogP contribution is 2.18. The van der Waals surface area contributed by atoms with Gasteiger partial charge in [-0.05, 0) is 12.1 Å². The Hall–Kier alpha value is -1.42. The van der Waals surface area contributed by atoms with Crippen LogP contribution in [0.15, 0.2) is 46.7 Å². The summed E-state index contributed by atoms with van der Waals surface area (Å²) in [6, 6.07) is 7.82. The van der Waals surface area contributed by atoms with Crippen LogP contribution >= 0.6 is 0 Å². The van der Waals surface area contributed by atoms with Crippen LogP contribution in [0, 0.1) is 0 Å². The van der Waals surface area contributed by atoms with Crippen LogP contribution in [-0.4, -0.2) is 14.2 Å². The number of carbonyl (C=O) groups excluding carboxylic acids is 1. The van der Waals surface area contributed by atoms with Gasteiger partial charge in [0, 0.05) is 6.42 Å². The summed E-state index contributed by atoms with van der Waals surface area (Å²) in [6.45, 7) is 4.94. The van der Waals surface area contributed by atoms with Crippen molar-refractivity contribution in [2.24, 2.45) is 0 Å². The van der Waals surface area contributed by atoms with Crippen molar-refractivity contribution in [3.05, 3.63) is 41.8 Å². The van der Waals surface area contributed by atoms with Gasteiger partial charge in [-0.1, -0.05) is 31.7 Å². The molecule has 1 aromatic carbocycles. The van der Waals surface area contributed by atoms with Crippen LogP contribution in [0.25, 0.3) is 0 Å². The molecule has 0 fully saturated rings. The third-order valence-electron chi connectivity index (χ3n) is 2.01. The minimum Gasteiger partial charge on any atom is -0.293 e. The highest BCUT2D eigenvalue weighted by molar-refractivity contribution is 7.96. The molecule has 80 valence electrons. The standard InChI is InChI=1S/C11H12O3S/c1-3-11(12)9(2)15(13,14)10-7-5-4-6-8-10/h4-8H,2-3H2,1H3. The quantitative estimate of drug-likeness (QED) is 0.734. The predicted octanol–water partition coefficient (Wildman–Crippen LogP) is 1.95. The first-order valence-corrected chi connectivity index (χ1v) is 6.00. The minimum atomic E-state index is -3.69. The Bertz CT molecular complexity index is 472. The number of allylic oxidation sites excluding steroid dienone is 1. The number of hydrogen-bond acceptors (Lipinski definition) is 3. The normalized spacial score (nSPS) is 11.0. The highest BCUT2D eigenvalue weighted by Gasteiger charge is 2.22. The molecule has 0 spiro atoms. The fourth-order valence-electron chi connectivity index (χ4n) is 1.09. The van der Waals surface area contributed by atoms with E-state index in [1.165, 1.54) is 12.1 Å². The molecule has 1 rings (SSSR count). The Morgan fingerprint density at radius 2 is 1.80 bits per heavy atom. The fourth-order valence-corrected chi connectivity index (χ4v) is 2.33. The van der Waals surface area contributed by atoms with Gasteiger partial charge in [0.05, 0.1) is 4.90 Å². The van der Waals surface area contributed by atoms with Gasteiger partial charge in [0.1, 0.15) is 4.91 Å². The summed E-state index contributed by atoms with van der Waals surface area (Å²) >= 11 is 0. The average Bonchev–Trinajstić information content (AvgIpc) is 2.28. The molecule has 4 heteroatoms. The van der Waals surface area contributed by atoms with Crippen molar-refractivity contribution in [2.75, 3.05) is 0 Å². The van der Waals surface area contributed by atoms with E-state index in [1.807, 2.05) is 0 Å². The predicted molar refractivity (Wildman–Crippen MR) is 58.1 cm³/mol. The lowest BCUT2D eigenvalue weighted by Crippen LogP contribution is -2.11. The molecule has 0 heterocycles. The maximum atomic E-state index is 11.8. The SMILES string of the molecule is C=C(C(=O)CC)S(=O)(=O)c1ccccc1. The Kier molecular flexibility index (Phi) is 3.42. The Morgan fingerprint density at radius 3 is 2.27 bits per heavy atom. The van der Waals surface area contributed by atoms with Crippen LogP contribution in [0.4, 0.5) is 0 Å². The summed E-state index contributed by atoms with van der Waals surface area (Å²) in [4.78, 5) is 11.0. The van der Waals surface area contributed by atoms with E-state index in [9.17, 15) is 13.2 Å². The van der Waals surface area contributed by atoms with Gasteiger partial charge in [-0.15, -0.1) is 0 Å². The lowest BCUT2D eigenvalue weighted by atomic mass is 10.3. The zero-order chi connectivity index (χ0) is 11.5. The molecular formula is C11H12O3S. The molecule has 1 aromatic rings. The molecule has 0 aliphatic heterocycles. The molecule has 3 nitrogen and oxygen atoms in total. The van der Waals surface area contributed by atoms with Crippen LogP contribution in [0.2, 0.25) is 0 Å². The maximum Gasteiger partial charge on any atom is 0.209 e. The monoisotopic (exact) mass is 224 g/mol. The summed E-state index contributed by atoms with van der Waals surface area (Å²) in [7, 11) is -3.69. The second-order valence-corrected chi connectivity index (χ2v) is 4.99. The molecule has 0 saturated carbocycles. The van der Waals surface area contributed by atoms with Gasteiger partial charge in [0.15, 0.2) is 5.78 Å². The zero-order valence-electron chi connectivity index (χ0n) is 8.43. The number of sulfone groups is 1. The number of rotatable bonds is 4. The van der Waals surface area contributed by atoms with Crippen molar-refractivity contribution in [3.63, 3.8) is 0 Å². The van der Waals surface area contributed by atoms with Gasteiger partial charge in [0.2, 0.25) is 9.84 Å². The first-order chi connectivity index (χ1) is 7.00. The lowest BCUT2D eigenvalue weighted by Gasteiger charge is -2.04. The van der Waals surface area contributed by atoms with Gasteiger partial charge >= 0.3 is 0 Å². The fraction of sp³-hybridized carbons (Fsp3) is 0.182. The van der Waals surface area contributed by atoms with E-state index < -0.39 is 15.6 Å². The number of benzene rings is 1. The lowest BCUT2D eigenvalue weighted by molar-refractivity contribution is -0.114. The molecular weight excluding hydrogens is 212 g/mol. The molecule has 0 amide bonds. The van der Waals surface area contributed by atoms with Crippen molar-refractivity contribution in [2.45, 2.75) is 18.2 Å². The van der Waals surface area contributed by atoms with Crippen molar-refractivity contribution in [1.82, 2.24) is 0 Å². The molecule has 0 aromatic heterocycles. The van der Waals surface area contributed by atoms with E-state index >= 15 is 0 Å². The van der Waals surface area contributed by atoms with E-state index in [-0.39, 0.29) is 16.2 Å². The maximum absolute atomic E-state index is 11.8. The van der Waals surface area contributed by atoms with Gasteiger partial charge in [-0.25, -0.2) is 8.42 Å². The molecule has 0 saturated heterocycles. The van der Waals surface area contributed by atoms with E-state index in [0.29, 0.717) is 0 Å². The molecule has 0 bridgehead atoms. The van der Waals surface area contributed by atoms with Gasteiger partial charge in [0.25, 0.3) is 0 Å². The minimum absolute atomic E-state index is 0.108. The second kappa shape index (κ2) is 4.40. The molecule has 0 unspecified atom stereocenters. The van der Waals surface area contributed by atoms with Crippen molar-refractivity contribution < 1.29 is 13.2 Å². The van der Waals surface area contributed by atoms with Crippen molar-refractivity contribution in [3.8, 4) is 0 Å². The molecule has 0 atom stereocenters. The molecule has 15 heavy (non-hydrogen) atoms. The summed E-state index contributed by atoms with van der Waals surface area (Å²) in [5.74, 6) is -0.446. The smallest absolute Gasteiger partial charge is 0.209 e. The van der Waals surface area contributed by atoms with E-state index in [0.717, 1.165) is 0 Å². The Labute approximate surface area is 89.4 Å². The molecule has 0 aliphatic rings. The highest BCUT2D eigenvalue weighted by atomic mass is 32.2. The Balaban J connectivity index is 3.16. The summed E-state index contributed by atoms with van der Waals surface area (Å²) < 4.78 is 23.6. The molecule has 0 aliphatic carbocycles. The number of ketones is 1. The van der Waals surface area contributed by atoms with Crippen molar-refractivity contribution in [1.29, 1.82) is 0 Å². The summed E-state index contributed by atoms with van der Waals surface area (Å²) in [5, 5.41) is 0. The van der Waals surface area contributed by atoms with Gasteiger partial charge < -0.3 is 0 Å². The second-order valence-electron chi connectivity index (χ2n) is 3.02. The zero-order valence-corrected chi connectivity index (χ0v) is 9.25. The van der Waals surface area contributed by atoms with Crippen LogP contribution in [0.3, 0.4) is 0 Å². The number of hydrogen-bond donors (Lipinski definition) is 0. The van der Waals surface area contributed by atoms with Gasteiger partial charge in [-0.2, -0.15) is 0 Å². The van der Waals surface area contributed by atoms with Crippen LogP contribution in [-0.2, 0) is 14.6 Å². The van der Waals surface area contributed by atoms with E-state index in [1.54, 1.807) is 25.1 Å². The molecule has 0 N–H and O–H groups in total. The van der Waals surface area contributed by atoms with Crippen molar-refractivity contribution >= 4 is 15.6 Å². The van der Waals surface area contributed by atoms with E-state index in [4.69, 9.17) is 0 Å². The third kappa shape index (κ3) is 2.33. The first-order valence-electron chi connectivity index (χ1n) is 4.52. The number of carbonyl (C=O) groups is 1. The third-order valence-corrected chi connectivity index (χ3v) is 3.78. The van der Waals surface area contributed by atoms with Crippen LogP contribution < -0.4 is 0 Å². The molecule has 0 radical (unpaired) electrons. The largest absolute Gasteiger partial charge is 0.293 e. The van der Waals surface area contributed by atoms with Gasteiger partial charge in [-0.3, -0.25) is 4.79 Å². The summed E-state index contributed by atoms with van der Waals surface area (Å²) in [6.07, 6.45) is 0.144. The summed E-state index contributed by atoms with van der Waals surface area (Å²) in [5.41, 5.74) is 0. The van der Waals surface area contributed by atoms with Crippen LogP contribution in [0.1, 0.15) is 13.3 Å². The Morgan fingerprint density at radius 1 is 1.27 bits per heavy atom.